The Morgan fingerprint density at radius 1 is 1.69 bits per heavy atom. The molecule has 13 heavy (non-hydrogen) atoms. The van der Waals surface area contributed by atoms with Crippen LogP contribution in [0.3, 0.4) is 0 Å². The van der Waals surface area contributed by atoms with E-state index in [0.717, 1.165) is 5.56 Å². The monoisotopic (exact) mass is 178 g/mol. The number of aliphatic hydroxyl groups excluding tert-OH is 1. The summed E-state index contributed by atoms with van der Waals surface area (Å²) in [7, 11) is 0. The van der Waals surface area contributed by atoms with Crippen molar-refractivity contribution in [3.8, 4) is 0 Å². The molecule has 0 aliphatic rings. The molecule has 3 heteroatoms. The van der Waals surface area contributed by atoms with E-state index < -0.39 is 6.10 Å². The minimum Gasteiger partial charge on any atom is -0.398 e. The molecule has 0 aliphatic carbocycles. The number of hydrogen-bond donors (Lipinski definition) is 2. The first kappa shape index (κ1) is 9.74. The molecule has 1 unspecified atom stereocenters. The van der Waals surface area contributed by atoms with Gasteiger partial charge in [-0.05, 0) is 18.1 Å². The van der Waals surface area contributed by atoms with Crippen molar-refractivity contribution in [1.29, 1.82) is 0 Å². The van der Waals surface area contributed by atoms with Gasteiger partial charge in [0.05, 0.1) is 6.10 Å². The van der Waals surface area contributed by atoms with Gasteiger partial charge in [0.2, 0.25) is 0 Å². The maximum absolute atomic E-state index is 9.47. The number of pyridine rings is 1. The number of nitrogen functional groups attached to an aromatic ring is 1. The number of nitrogens with two attached hydrogens (primary N) is 1. The zero-order chi connectivity index (χ0) is 9.68. The van der Waals surface area contributed by atoms with Crippen molar-refractivity contribution in [3.05, 3.63) is 36.7 Å². The second-order valence-corrected chi connectivity index (χ2v) is 2.96. The second kappa shape index (κ2) is 4.62. The summed E-state index contributed by atoms with van der Waals surface area (Å²) >= 11 is 0. The first-order valence-electron chi connectivity index (χ1n) is 4.21. The van der Waals surface area contributed by atoms with Crippen LogP contribution in [0.15, 0.2) is 31.1 Å². The number of nitrogens with zero attached hydrogens (tertiary/aromatic N) is 1. The highest BCUT2D eigenvalue weighted by Gasteiger charge is 2.05. The zero-order valence-corrected chi connectivity index (χ0v) is 7.48. The summed E-state index contributed by atoms with van der Waals surface area (Å²) in [6.07, 6.45) is 5.71. The van der Waals surface area contributed by atoms with E-state index in [9.17, 15) is 5.11 Å². The van der Waals surface area contributed by atoms with E-state index in [1.807, 2.05) is 0 Å². The minimum absolute atomic E-state index is 0.413. The summed E-state index contributed by atoms with van der Waals surface area (Å²) in [5.41, 5.74) is 7.25. The van der Waals surface area contributed by atoms with Gasteiger partial charge < -0.3 is 10.8 Å². The Hall–Kier alpha value is -1.35. The van der Waals surface area contributed by atoms with E-state index in [-0.39, 0.29) is 0 Å². The highest BCUT2D eigenvalue weighted by Crippen LogP contribution is 2.12. The van der Waals surface area contributed by atoms with Crippen LogP contribution in [0.4, 0.5) is 5.69 Å². The smallest absolute Gasteiger partial charge is 0.0616 e. The van der Waals surface area contributed by atoms with Crippen molar-refractivity contribution in [1.82, 2.24) is 4.98 Å². The van der Waals surface area contributed by atoms with E-state index in [4.69, 9.17) is 5.73 Å². The Bertz CT molecular complexity index is 286. The number of aliphatic hydroxyl groups is 1. The number of rotatable bonds is 4. The van der Waals surface area contributed by atoms with Gasteiger partial charge in [-0.15, -0.1) is 6.58 Å². The molecule has 1 rings (SSSR count). The third kappa shape index (κ3) is 2.87. The van der Waals surface area contributed by atoms with Crippen LogP contribution in [0.1, 0.15) is 12.0 Å². The average molecular weight is 178 g/mol. The Balaban J connectivity index is 2.63. The van der Waals surface area contributed by atoms with Crippen molar-refractivity contribution in [2.75, 3.05) is 5.73 Å². The molecule has 1 aromatic rings. The first-order chi connectivity index (χ1) is 6.24. The van der Waals surface area contributed by atoms with E-state index in [2.05, 4.69) is 11.6 Å². The summed E-state index contributed by atoms with van der Waals surface area (Å²) in [5, 5.41) is 9.47. The molecule has 1 atom stereocenters. The van der Waals surface area contributed by atoms with Crippen LogP contribution in [0.5, 0.6) is 0 Å². The second-order valence-electron chi connectivity index (χ2n) is 2.96. The van der Waals surface area contributed by atoms with Gasteiger partial charge >= 0.3 is 0 Å². The molecule has 0 aliphatic heterocycles. The van der Waals surface area contributed by atoms with Crippen LogP contribution < -0.4 is 5.73 Å². The Morgan fingerprint density at radius 3 is 3.08 bits per heavy atom. The van der Waals surface area contributed by atoms with Crippen molar-refractivity contribution < 1.29 is 5.11 Å². The number of aromatic nitrogens is 1. The van der Waals surface area contributed by atoms with Gasteiger partial charge in [0.1, 0.15) is 0 Å². The van der Waals surface area contributed by atoms with Crippen LogP contribution >= 0.6 is 0 Å². The largest absolute Gasteiger partial charge is 0.398 e. The summed E-state index contributed by atoms with van der Waals surface area (Å²) < 4.78 is 0. The summed E-state index contributed by atoms with van der Waals surface area (Å²) in [6.45, 7) is 3.56. The lowest BCUT2D eigenvalue weighted by Gasteiger charge is -2.09. The molecule has 70 valence electrons. The molecule has 0 aromatic carbocycles. The van der Waals surface area contributed by atoms with Gasteiger partial charge in [-0.1, -0.05) is 6.08 Å². The van der Waals surface area contributed by atoms with Crippen molar-refractivity contribution in [3.63, 3.8) is 0 Å². The fraction of sp³-hybridized carbons (Fsp3) is 0.300. The van der Waals surface area contributed by atoms with Gasteiger partial charge in [-0.3, -0.25) is 4.98 Å². The van der Waals surface area contributed by atoms with Crippen LogP contribution in [-0.4, -0.2) is 16.2 Å². The van der Waals surface area contributed by atoms with Crippen molar-refractivity contribution in [2.24, 2.45) is 0 Å². The lowest BCUT2D eigenvalue weighted by molar-refractivity contribution is 0.178. The Kier molecular flexibility index (Phi) is 3.46. The highest BCUT2D eigenvalue weighted by molar-refractivity contribution is 5.44. The quantitative estimate of drug-likeness (QED) is 0.680. The summed E-state index contributed by atoms with van der Waals surface area (Å²) in [4.78, 5) is 3.94. The first-order valence-corrected chi connectivity index (χ1v) is 4.21. The predicted octanol–water partition coefficient (Wildman–Crippen LogP) is 1.14. The molecular weight excluding hydrogens is 164 g/mol. The third-order valence-electron chi connectivity index (χ3n) is 1.84. The Morgan fingerprint density at radius 2 is 2.46 bits per heavy atom. The van der Waals surface area contributed by atoms with Gasteiger partial charge in [0.15, 0.2) is 0 Å². The van der Waals surface area contributed by atoms with E-state index in [1.54, 1.807) is 24.5 Å². The maximum Gasteiger partial charge on any atom is 0.0616 e. The molecular formula is C10H14N2O. The average Bonchev–Trinajstić information content (AvgIpc) is 2.09. The van der Waals surface area contributed by atoms with E-state index in [1.165, 1.54) is 0 Å². The summed E-state index contributed by atoms with van der Waals surface area (Å²) in [5.74, 6) is 0. The molecule has 0 amide bonds. The van der Waals surface area contributed by atoms with Crippen LogP contribution in [-0.2, 0) is 6.42 Å². The fourth-order valence-electron chi connectivity index (χ4n) is 1.14. The van der Waals surface area contributed by atoms with Crippen LogP contribution in [0, 0.1) is 0 Å². The lowest BCUT2D eigenvalue weighted by Crippen LogP contribution is -2.10. The molecule has 0 saturated carbocycles. The van der Waals surface area contributed by atoms with Crippen LogP contribution in [0.25, 0.3) is 0 Å². The maximum atomic E-state index is 9.47. The molecule has 3 nitrogen and oxygen atoms in total. The van der Waals surface area contributed by atoms with Gasteiger partial charge in [-0.25, -0.2) is 0 Å². The van der Waals surface area contributed by atoms with Crippen LogP contribution in [0.2, 0.25) is 0 Å². The topological polar surface area (TPSA) is 59.1 Å². The fourth-order valence-corrected chi connectivity index (χ4v) is 1.14. The molecule has 3 N–H and O–H groups in total. The lowest BCUT2D eigenvalue weighted by atomic mass is 10.1. The van der Waals surface area contributed by atoms with Crippen molar-refractivity contribution >= 4 is 5.69 Å². The number of anilines is 1. The Labute approximate surface area is 77.9 Å². The summed E-state index contributed by atoms with van der Waals surface area (Å²) in [6, 6.07) is 1.73. The standard InChI is InChI=1S/C10H14N2O/c1-2-3-9(13)6-8-7-12-5-4-10(8)11/h2,4-5,7,9,13H,1,3,6H2,(H2,11,12). The van der Waals surface area contributed by atoms with Gasteiger partial charge in [0, 0.05) is 24.5 Å². The molecule has 1 heterocycles. The molecule has 0 fully saturated rings. The van der Waals surface area contributed by atoms with E-state index in [0.29, 0.717) is 18.5 Å². The molecule has 0 saturated heterocycles. The van der Waals surface area contributed by atoms with E-state index >= 15 is 0 Å². The van der Waals surface area contributed by atoms with Gasteiger partial charge in [0.25, 0.3) is 0 Å². The number of hydrogen-bond acceptors (Lipinski definition) is 3. The predicted molar refractivity (Wildman–Crippen MR) is 53.2 cm³/mol. The van der Waals surface area contributed by atoms with Gasteiger partial charge in [-0.2, -0.15) is 0 Å². The molecule has 0 radical (unpaired) electrons. The SMILES string of the molecule is C=CCC(O)Cc1cnccc1N. The zero-order valence-electron chi connectivity index (χ0n) is 7.48. The van der Waals surface area contributed by atoms with Crippen molar-refractivity contribution in [2.45, 2.75) is 18.9 Å². The molecule has 0 bridgehead atoms. The normalized spacial score (nSPS) is 12.4. The molecule has 0 spiro atoms. The molecule has 1 aromatic heterocycles. The minimum atomic E-state index is -0.413. The third-order valence-corrected chi connectivity index (χ3v) is 1.84. The highest BCUT2D eigenvalue weighted by atomic mass is 16.3.